The predicted octanol–water partition coefficient (Wildman–Crippen LogP) is 4.17. The van der Waals surface area contributed by atoms with E-state index in [0.717, 1.165) is 16.7 Å². The maximum atomic E-state index is 12.4. The summed E-state index contributed by atoms with van der Waals surface area (Å²) < 4.78 is 4.91. The molecule has 27 heavy (non-hydrogen) atoms. The Hall–Kier alpha value is -3.21. The Labute approximate surface area is 159 Å². The van der Waals surface area contributed by atoms with Crippen LogP contribution in [-0.2, 0) is 9.53 Å². The summed E-state index contributed by atoms with van der Waals surface area (Å²) in [6.07, 6.45) is 2.48. The Morgan fingerprint density at radius 1 is 0.963 bits per heavy atom. The van der Waals surface area contributed by atoms with E-state index in [-0.39, 0.29) is 5.78 Å². The third-order valence-corrected chi connectivity index (χ3v) is 3.97. The van der Waals surface area contributed by atoms with Gasteiger partial charge in [0.2, 0.25) is 5.91 Å². The minimum atomic E-state index is -0.422. The topological polar surface area (TPSA) is 72.5 Å². The highest BCUT2D eigenvalue weighted by atomic mass is 16.5. The van der Waals surface area contributed by atoms with Crippen LogP contribution in [-0.4, -0.2) is 24.3 Å². The second kappa shape index (κ2) is 8.94. The van der Waals surface area contributed by atoms with Crippen molar-refractivity contribution in [1.29, 1.82) is 0 Å². The third-order valence-electron chi connectivity index (χ3n) is 3.97. The van der Waals surface area contributed by atoms with E-state index in [4.69, 9.17) is 4.74 Å². The number of aryl methyl sites for hydroxylation is 3. The lowest BCUT2D eigenvalue weighted by Gasteiger charge is -2.08. The highest BCUT2D eigenvalue weighted by Crippen LogP contribution is 2.17. The molecule has 0 aromatic heterocycles. The van der Waals surface area contributed by atoms with Crippen LogP contribution in [0.4, 0.5) is 5.69 Å². The molecule has 0 unspecified atom stereocenters. The maximum Gasteiger partial charge on any atom is 0.338 e. The third kappa shape index (κ3) is 5.38. The molecule has 0 saturated heterocycles. The van der Waals surface area contributed by atoms with Crippen molar-refractivity contribution in [3.05, 3.63) is 76.4 Å². The van der Waals surface area contributed by atoms with Gasteiger partial charge in [-0.05, 0) is 69.2 Å². The second-order valence-corrected chi connectivity index (χ2v) is 6.26. The van der Waals surface area contributed by atoms with Crippen LogP contribution in [0, 0.1) is 20.8 Å². The van der Waals surface area contributed by atoms with Crippen molar-refractivity contribution in [1.82, 2.24) is 0 Å². The zero-order valence-electron chi connectivity index (χ0n) is 16.0. The molecule has 0 bridgehead atoms. The van der Waals surface area contributed by atoms with Crippen molar-refractivity contribution < 1.29 is 19.1 Å². The van der Waals surface area contributed by atoms with Crippen molar-refractivity contribution >= 4 is 23.3 Å². The molecule has 0 fully saturated rings. The molecule has 0 aliphatic heterocycles. The van der Waals surface area contributed by atoms with Gasteiger partial charge in [-0.2, -0.15) is 0 Å². The van der Waals surface area contributed by atoms with E-state index >= 15 is 0 Å². The summed E-state index contributed by atoms with van der Waals surface area (Å²) in [5.74, 6) is -1.04. The van der Waals surface area contributed by atoms with Crippen LogP contribution in [0.5, 0.6) is 0 Å². The monoisotopic (exact) mass is 365 g/mol. The minimum absolute atomic E-state index is 0.210. The standard InChI is InChI=1S/C22H23NO4/c1-5-27-22(26)17-6-8-18(9-7-17)23-20(25)11-10-19(24)21-15(3)12-14(2)13-16(21)4/h6-13H,5H2,1-4H3,(H,23,25)/b11-10-. The lowest BCUT2D eigenvalue weighted by molar-refractivity contribution is -0.111. The first-order valence-corrected chi connectivity index (χ1v) is 8.70. The molecule has 1 N–H and O–H groups in total. The Kier molecular flexibility index (Phi) is 6.66. The van der Waals surface area contributed by atoms with E-state index in [1.54, 1.807) is 31.2 Å². The first-order chi connectivity index (χ1) is 12.8. The fraction of sp³-hybridized carbons (Fsp3) is 0.227. The molecular weight excluding hydrogens is 342 g/mol. The summed E-state index contributed by atoms with van der Waals surface area (Å²) in [5, 5.41) is 2.66. The average Bonchev–Trinajstić information content (AvgIpc) is 2.60. The van der Waals surface area contributed by atoms with Gasteiger partial charge in [-0.3, -0.25) is 9.59 Å². The molecule has 2 rings (SSSR count). The number of hydrogen-bond donors (Lipinski definition) is 1. The van der Waals surface area contributed by atoms with E-state index in [0.29, 0.717) is 23.4 Å². The molecule has 5 nitrogen and oxygen atoms in total. The number of rotatable bonds is 6. The number of carbonyl (C=O) groups is 3. The van der Waals surface area contributed by atoms with Gasteiger partial charge in [0, 0.05) is 17.3 Å². The summed E-state index contributed by atoms with van der Waals surface area (Å²) in [4.78, 5) is 36.1. The molecule has 0 heterocycles. The van der Waals surface area contributed by atoms with Crippen LogP contribution >= 0.6 is 0 Å². The first kappa shape index (κ1) is 20.1. The summed E-state index contributed by atoms with van der Waals surface area (Å²) >= 11 is 0. The normalized spacial score (nSPS) is 10.7. The number of esters is 1. The number of anilines is 1. The zero-order chi connectivity index (χ0) is 20.0. The molecule has 0 aliphatic rings. The van der Waals surface area contributed by atoms with E-state index in [2.05, 4.69) is 5.32 Å². The number of amides is 1. The predicted molar refractivity (Wildman–Crippen MR) is 105 cm³/mol. The van der Waals surface area contributed by atoms with Gasteiger partial charge >= 0.3 is 5.97 Å². The van der Waals surface area contributed by atoms with Crippen LogP contribution in [0.3, 0.4) is 0 Å². The second-order valence-electron chi connectivity index (χ2n) is 6.26. The number of hydrogen-bond acceptors (Lipinski definition) is 4. The van der Waals surface area contributed by atoms with E-state index in [1.165, 1.54) is 12.2 Å². The lowest BCUT2D eigenvalue weighted by atomic mass is 9.96. The van der Waals surface area contributed by atoms with Crippen molar-refractivity contribution in [3.63, 3.8) is 0 Å². The van der Waals surface area contributed by atoms with E-state index in [1.807, 2.05) is 32.9 Å². The smallest absolute Gasteiger partial charge is 0.338 e. The number of ketones is 1. The number of nitrogens with one attached hydrogen (secondary N) is 1. The highest BCUT2D eigenvalue weighted by Gasteiger charge is 2.11. The molecule has 2 aromatic carbocycles. The molecule has 140 valence electrons. The lowest BCUT2D eigenvalue weighted by Crippen LogP contribution is -2.10. The molecule has 0 radical (unpaired) electrons. The SMILES string of the molecule is CCOC(=O)c1ccc(NC(=O)/C=C\C(=O)c2c(C)cc(C)cc2C)cc1. The molecule has 0 saturated carbocycles. The quantitative estimate of drug-likeness (QED) is 0.474. The maximum absolute atomic E-state index is 12.4. The molecule has 5 heteroatoms. The fourth-order valence-electron chi connectivity index (χ4n) is 2.89. The molecule has 0 spiro atoms. The Morgan fingerprint density at radius 2 is 1.56 bits per heavy atom. The number of benzene rings is 2. The summed E-state index contributed by atoms with van der Waals surface area (Å²) in [5.41, 5.74) is 4.41. The molecule has 0 aliphatic carbocycles. The van der Waals surface area contributed by atoms with Gasteiger partial charge in [0.05, 0.1) is 12.2 Å². The van der Waals surface area contributed by atoms with Crippen molar-refractivity contribution in [3.8, 4) is 0 Å². The van der Waals surface area contributed by atoms with Gasteiger partial charge in [0.1, 0.15) is 0 Å². The Morgan fingerprint density at radius 3 is 2.11 bits per heavy atom. The minimum Gasteiger partial charge on any atom is -0.462 e. The number of ether oxygens (including phenoxy) is 1. The van der Waals surface area contributed by atoms with Crippen LogP contribution in [0.25, 0.3) is 0 Å². The first-order valence-electron chi connectivity index (χ1n) is 8.70. The van der Waals surface area contributed by atoms with Gasteiger partial charge in [-0.1, -0.05) is 17.7 Å². The number of allylic oxidation sites excluding steroid dienone is 1. The van der Waals surface area contributed by atoms with Gasteiger partial charge in [0.15, 0.2) is 5.78 Å². The van der Waals surface area contributed by atoms with Crippen LogP contribution in [0.2, 0.25) is 0 Å². The Bertz CT molecular complexity index is 872. The van der Waals surface area contributed by atoms with Gasteiger partial charge in [-0.25, -0.2) is 4.79 Å². The molecule has 2 aromatic rings. The van der Waals surface area contributed by atoms with Crippen molar-refractivity contribution in [2.24, 2.45) is 0 Å². The van der Waals surface area contributed by atoms with Gasteiger partial charge in [-0.15, -0.1) is 0 Å². The van der Waals surface area contributed by atoms with E-state index < -0.39 is 11.9 Å². The summed E-state index contributed by atoms with van der Waals surface area (Å²) in [7, 11) is 0. The average molecular weight is 365 g/mol. The van der Waals surface area contributed by atoms with Crippen LogP contribution in [0.15, 0.2) is 48.6 Å². The summed E-state index contributed by atoms with van der Waals surface area (Å²) in [6.45, 7) is 7.78. The van der Waals surface area contributed by atoms with Gasteiger partial charge < -0.3 is 10.1 Å². The van der Waals surface area contributed by atoms with Crippen LogP contribution in [0.1, 0.15) is 44.3 Å². The summed E-state index contributed by atoms with van der Waals surface area (Å²) in [6, 6.07) is 10.2. The van der Waals surface area contributed by atoms with Crippen LogP contribution < -0.4 is 5.32 Å². The molecular formula is C22H23NO4. The number of carbonyl (C=O) groups excluding carboxylic acids is 3. The Balaban J connectivity index is 2.03. The molecule has 0 atom stereocenters. The fourth-order valence-corrected chi connectivity index (χ4v) is 2.89. The van der Waals surface area contributed by atoms with Crippen molar-refractivity contribution in [2.75, 3.05) is 11.9 Å². The zero-order valence-corrected chi connectivity index (χ0v) is 16.0. The molecule has 1 amide bonds. The highest BCUT2D eigenvalue weighted by molar-refractivity contribution is 6.11. The largest absolute Gasteiger partial charge is 0.462 e. The van der Waals surface area contributed by atoms with Crippen molar-refractivity contribution in [2.45, 2.75) is 27.7 Å². The van der Waals surface area contributed by atoms with E-state index in [9.17, 15) is 14.4 Å². The van der Waals surface area contributed by atoms with Gasteiger partial charge in [0.25, 0.3) is 0 Å².